The van der Waals surface area contributed by atoms with E-state index in [0.29, 0.717) is 19.8 Å². The van der Waals surface area contributed by atoms with E-state index in [1.165, 1.54) is 4.90 Å². The molecule has 78 valence electrons. The molecule has 2 unspecified atom stereocenters. The van der Waals surface area contributed by atoms with Crippen LogP contribution in [0.1, 0.15) is 6.92 Å². The molecular formula is C9H14N2O3. The molecule has 1 N–H and O–H groups in total. The number of hydrogen-bond acceptors (Lipinski definition) is 4. The maximum atomic E-state index is 11.6. The van der Waals surface area contributed by atoms with Crippen LogP contribution in [0.3, 0.4) is 0 Å². The number of rotatable bonds is 2. The van der Waals surface area contributed by atoms with Crippen molar-refractivity contribution < 1.29 is 14.6 Å². The van der Waals surface area contributed by atoms with Crippen LogP contribution in [0.2, 0.25) is 0 Å². The first-order valence-electron chi connectivity index (χ1n) is 4.59. The van der Waals surface area contributed by atoms with Crippen molar-refractivity contribution in [2.24, 2.45) is 5.92 Å². The number of morpholine rings is 1. The Labute approximate surface area is 82.9 Å². The summed E-state index contributed by atoms with van der Waals surface area (Å²) in [6.45, 7) is 2.72. The molecule has 2 atom stereocenters. The third-order valence-electron chi connectivity index (χ3n) is 2.29. The lowest BCUT2D eigenvalue weighted by Crippen LogP contribution is -2.51. The van der Waals surface area contributed by atoms with Gasteiger partial charge in [0.15, 0.2) is 0 Å². The lowest BCUT2D eigenvalue weighted by atomic mass is 10.1. The molecule has 0 aromatic rings. The van der Waals surface area contributed by atoms with Crippen molar-refractivity contribution in [3.63, 3.8) is 0 Å². The Bertz CT molecular complexity index is 249. The van der Waals surface area contributed by atoms with Crippen LogP contribution in [-0.4, -0.2) is 48.3 Å². The van der Waals surface area contributed by atoms with E-state index in [9.17, 15) is 4.79 Å². The van der Waals surface area contributed by atoms with Gasteiger partial charge in [0, 0.05) is 6.54 Å². The molecule has 1 saturated heterocycles. The zero-order valence-corrected chi connectivity index (χ0v) is 8.14. The van der Waals surface area contributed by atoms with E-state index in [2.05, 4.69) is 0 Å². The second-order valence-electron chi connectivity index (χ2n) is 3.29. The first kappa shape index (κ1) is 11.0. The highest BCUT2D eigenvalue weighted by Crippen LogP contribution is 2.10. The SMILES string of the molecule is CC(C#N)C(=O)N1CCOCC1CO. The Morgan fingerprint density at radius 3 is 3.14 bits per heavy atom. The molecule has 0 spiro atoms. The van der Waals surface area contributed by atoms with E-state index in [0.717, 1.165) is 0 Å². The molecule has 0 aromatic heterocycles. The van der Waals surface area contributed by atoms with Gasteiger partial charge in [-0.05, 0) is 6.92 Å². The van der Waals surface area contributed by atoms with Crippen molar-refractivity contribution in [3.05, 3.63) is 0 Å². The number of ether oxygens (including phenoxy) is 1. The number of nitriles is 1. The van der Waals surface area contributed by atoms with Gasteiger partial charge < -0.3 is 14.7 Å². The van der Waals surface area contributed by atoms with Gasteiger partial charge in [-0.2, -0.15) is 5.26 Å². The minimum absolute atomic E-state index is 0.121. The van der Waals surface area contributed by atoms with Gasteiger partial charge in [-0.25, -0.2) is 0 Å². The van der Waals surface area contributed by atoms with Crippen molar-refractivity contribution in [2.45, 2.75) is 13.0 Å². The Hall–Kier alpha value is -1.12. The molecule has 0 aliphatic carbocycles. The number of carbonyl (C=O) groups is 1. The summed E-state index contributed by atoms with van der Waals surface area (Å²) in [6, 6.07) is 1.59. The van der Waals surface area contributed by atoms with Crippen molar-refractivity contribution in [2.75, 3.05) is 26.4 Å². The highest BCUT2D eigenvalue weighted by Gasteiger charge is 2.29. The molecule has 1 heterocycles. The standard InChI is InChI=1S/C9H14N2O3/c1-7(4-10)9(13)11-2-3-14-6-8(11)5-12/h7-8,12H,2-3,5-6H2,1H3. The summed E-state index contributed by atoms with van der Waals surface area (Å²) in [7, 11) is 0. The lowest BCUT2D eigenvalue weighted by molar-refractivity contribution is -0.143. The highest BCUT2D eigenvalue weighted by atomic mass is 16.5. The van der Waals surface area contributed by atoms with Crippen molar-refractivity contribution >= 4 is 5.91 Å². The molecular weight excluding hydrogens is 184 g/mol. The first-order chi connectivity index (χ1) is 6.70. The van der Waals surface area contributed by atoms with Gasteiger partial charge in [0.05, 0.1) is 31.9 Å². The van der Waals surface area contributed by atoms with Gasteiger partial charge in [-0.15, -0.1) is 0 Å². The fraction of sp³-hybridized carbons (Fsp3) is 0.778. The quantitative estimate of drug-likeness (QED) is 0.641. The maximum absolute atomic E-state index is 11.6. The smallest absolute Gasteiger partial charge is 0.240 e. The van der Waals surface area contributed by atoms with Crippen LogP contribution in [0, 0.1) is 17.2 Å². The van der Waals surface area contributed by atoms with Crippen LogP contribution in [0.4, 0.5) is 0 Å². The summed E-state index contributed by atoms with van der Waals surface area (Å²) in [5.74, 6) is -0.878. The molecule has 1 rings (SSSR count). The Morgan fingerprint density at radius 1 is 1.86 bits per heavy atom. The number of carbonyl (C=O) groups excluding carboxylic acids is 1. The number of hydrogen-bond donors (Lipinski definition) is 1. The van der Waals surface area contributed by atoms with Gasteiger partial charge in [0.1, 0.15) is 5.92 Å². The third kappa shape index (κ3) is 2.22. The predicted octanol–water partition coefficient (Wildman–Crippen LogP) is -0.634. The number of aliphatic hydroxyl groups excluding tert-OH is 1. The van der Waals surface area contributed by atoms with Gasteiger partial charge >= 0.3 is 0 Å². The Kier molecular flexibility index (Phi) is 3.86. The monoisotopic (exact) mass is 198 g/mol. The molecule has 1 fully saturated rings. The topological polar surface area (TPSA) is 73.6 Å². The summed E-state index contributed by atoms with van der Waals surface area (Å²) in [6.07, 6.45) is 0. The number of nitrogens with zero attached hydrogens (tertiary/aromatic N) is 2. The van der Waals surface area contributed by atoms with Crippen molar-refractivity contribution in [1.29, 1.82) is 5.26 Å². The molecule has 0 saturated carbocycles. The second kappa shape index (κ2) is 4.94. The normalized spacial score (nSPS) is 24.1. The Balaban J connectivity index is 2.64. The van der Waals surface area contributed by atoms with Gasteiger partial charge in [0.2, 0.25) is 5.91 Å². The molecule has 1 aliphatic rings. The van der Waals surface area contributed by atoms with Crippen LogP contribution in [0.5, 0.6) is 0 Å². The van der Waals surface area contributed by atoms with E-state index in [-0.39, 0.29) is 18.6 Å². The van der Waals surface area contributed by atoms with Crippen molar-refractivity contribution in [3.8, 4) is 6.07 Å². The van der Waals surface area contributed by atoms with Crippen LogP contribution >= 0.6 is 0 Å². The van der Waals surface area contributed by atoms with Crippen LogP contribution in [0.15, 0.2) is 0 Å². The largest absolute Gasteiger partial charge is 0.394 e. The average molecular weight is 198 g/mol. The van der Waals surface area contributed by atoms with E-state index in [1.807, 2.05) is 6.07 Å². The zero-order chi connectivity index (χ0) is 10.6. The van der Waals surface area contributed by atoms with E-state index >= 15 is 0 Å². The van der Waals surface area contributed by atoms with Gasteiger partial charge in [0.25, 0.3) is 0 Å². The zero-order valence-electron chi connectivity index (χ0n) is 8.14. The molecule has 0 radical (unpaired) electrons. The summed E-state index contributed by atoms with van der Waals surface area (Å²) < 4.78 is 5.13. The fourth-order valence-corrected chi connectivity index (χ4v) is 1.40. The van der Waals surface area contributed by atoms with Crippen LogP contribution in [0.25, 0.3) is 0 Å². The number of aliphatic hydroxyl groups is 1. The Morgan fingerprint density at radius 2 is 2.57 bits per heavy atom. The molecule has 5 heteroatoms. The lowest BCUT2D eigenvalue weighted by Gasteiger charge is -2.35. The van der Waals surface area contributed by atoms with Crippen LogP contribution < -0.4 is 0 Å². The molecule has 0 aromatic carbocycles. The highest BCUT2D eigenvalue weighted by molar-refractivity contribution is 5.81. The van der Waals surface area contributed by atoms with Crippen molar-refractivity contribution in [1.82, 2.24) is 4.90 Å². The predicted molar refractivity (Wildman–Crippen MR) is 48.2 cm³/mol. The third-order valence-corrected chi connectivity index (χ3v) is 2.29. The minimum atomic E-state index is -0.651. The summed E-state index contributed by atoms with van der Waals surface area (Å²) in [5.41, 5.74) is 0. The van der Waals surface area contributed by atoms with Crippen LogP contribution in [-0.2, 0) is 9.53 Å². The molecule has 5 nitrogen and oxygen atoms in total. The van der Waals surface area contributed by atoms with Gasteiger partial charge in [-0.1, -0.05) is 0 Å². The first-order valence-corrected chi connectivity index (χ1v) is 4.59. The van der Waals surface area contributed by atoms with E-state index < -0.39 is 5.92 Å². The summed E-state index contributed by atoms with van der Waals surface area (Å²) >= 11 is 0. The second-order valence-corrected chi connectivity index (χ2v) is 3.29. The van der Waals surface area contributed by atoms with E-state index in [1.54, 1.807) is 6.92 Å². The minimum Gasteiger partial charge on any atom is -0.394 e. The maximum Gasteiger partial charge on any atom is 0.240 e. The molecule has 14 heavy (non-hydrogen) atoms. The molecule has 1 amide bonds. The number of amides is 1. The molecule has 0 bridgehead atoms. The summed E-state index contributed by atoms with van der Waals surface area (Å²) in [4.78, 5) is 13.2. The van der Waals surface area contributed by atoms with Gasteiger partial charge in [-0.3, -0.25) is 4.79 Å². The summed E-state index contributed by atoms with van der Waals surface area (Å²) in [5, 5.41) is 17.6. The average Bonchev–Trinajstić information content (AvgIpc) is 2.26. The fourth-order valence-electron chi connectivity index (χ4n) is 1.40. The van der Waals surface area contributed by atoms with E-state index in [4.69, 9.17) is 15.1 Å². The molecule has 1 aliphatic heterocycles.